The minimum atomic E-state index is -0.632. The van der Waals surface area contributed by atoms with Gasteiger partial charge in [-0.3, -0.25) is 0 Å². The van der Waals surface area contributed by atoms with Crippen LogP contribution in [0.5, 0.6) is 0 Å². The topological polar surface area (TPSA) is 22.9 Å². The minimum absolute atomic E-state index is 0.155. The van der Waals surface area contributed by atoms with Crippen LogP contribution in [0.1, 0.15) is 145 Å². The number of para-hydroxylation sites is 2. The molecule has 0 fully saturated rings. The van der Waals surface area contributed by atoms with E-state index in [1.165, 1.54) is 4.90 Å². The van der Waals surface area contributed by atoms with Crippen LogP contribution in [0.2, 0.25) is 0 Å². The SMILES string of the molecule is [2H]c1c([2H])c([2H])c(N(c2cc3c4c(c2)N(c2ccc(C(C)(C)C)cc2)c2c(oc5c2C(C)(C)CCC5(C)C)B4c2cc(C(C)(C)C)ccc2N3c2ccc(C(C)(C)C)cc2)c2c([2H])c([2H])c([2H])c([2H])c2[2H])c([2H])c1[2H]. The van der Waals surface area contributed by atoms with Crippen molar-refractivity contribution in [2.45, 2.75) is 130 Å². The summed E-state index contributed by atoms with van der Waals surface area (Å²) in [5.74, 6) is 0.920. The fraction of sp³-hybridized carbons (Fsp3) is 0.333. The third-order valence-corrected chi connectivity index (χ3v) is 14.1. The molecule has 5 heteroatoms. The van der Waals surface area contributed by atoms with E-state index in [0.29, 0.717) is 11.4 Å². The molecule has 0 unspecified atom stereocenters. The van der Waals surface area contributed by atoms with Gasteiger partial charge in [0.25, 0.3) is 6.71 Å². The maximum Gasteiger partial charge on any atom is 0.297 e. The maximum absolute atomic E-state index is 9.50. The highest BCUT2D eigenvalue weighted by Crippen LogP contribution is 2.56. The molecule has 3 aliphatic rings. The van der Waals surface area contributed by atoms with E-state index in [-0.39, 0.29) is 44.1 Å². The lowest BCUT2D eigenvalue weighted by atomic mass is 9.35. The van der Waals surface area contributed by atoms with Crippen molar-refractivity contribution >= 4 is 74.5 Å². The van der Waals surface area contributed by atoms with Crippen molar-refractivity contribution in [2.24, 2.45) is 0 Å². The van der Waals surface area contributed by atoms with E-state index in [9.17, 15) is 5.48 Å². The van der Waals surface area contributed by atoms with Crippen LogP contribution in [0.25, 0.3) is 0 Å². The van der Waals surface area contributed by atoms with Crippen LogP contribution < -0.4 is 31.3 Å². The molecule has 0 spiro atoms. The molecule has 6 aromatic carbocycles. The van der Waals surface area contributed by atoms with Crippen LogP contribution in [0.3, 0.4) is 0 Å². The number of benzene rings is 6. The average molecular weight is 866 g/mol. The molecular formula is C60H66BN3O. The number of hydrogen-bond acceptors (Lipinski definition) is 4. The van der Waals surface area contributed by atoms with Gasteiger partial charge in [0.15, 0.2) is 0 Å². The second-order valence-electron chi connectivity index (χ2n) is 22.7. The smallest absolute Gasteiger partial charge is 0.297 e. The number of fused-ring (bicyclic) bond motifs is 6. The van der Waals surface area contributed by atoms with Gasteiger partial charge >= 0.3 is 0 Å². The molecule has 330 valence electrons. The van der Waals surface area contributed by atoms with Crippen molar-refractivity contribution in [3.8, 4) is 0 Å². The van der Waals surface area contributed by atoms with E-state index in [1.807, 2.05) is 12.1 Å². The molecule has 0 atom stereocenters. The van der Waals surface area contributed by atoms with Crippen LogP contribution in [0.4, 0.5) is 51.2 Å². The van der Waals surface area contributed by atoms with Gasteiger partial charge in [0.2, 0.25) is 0 Å². The van der Waals surface area contributed by atoms with Gasteiger partial charge in [-0.1, -0.05) is 163 Å². The maximum atomic E-state index is 9.50. The summed E-state index contributed by atoms with van der Waals surface area (Å²) in [7, 11) is 0. The summed E-state index contributed by atoms with van der Waals surface area (Å²) in [4.78, 5) is 5.75. The fourth-order valence-electron chi connectivity index (χ4n) is 10.2. The first-order valence-electron chi connectivity index (χ1n) is 28.0. The van der Waals surface area contributed by atoms with Gasteiger partial charge in [-0.2, -0.15) is 0 Å². The van der Waals surface area contributed by atoms with Crippen LogP contribution in [-0.4, -0.2) is 6.71 Å². The van der Waals surface area contributed by atoms with Crippen molar-refractivity contribution in [2.75, 3.05) is 14.7 Å². The lowest BCUT2D eigenvalue weighted by Crippen LogP contribution is -2.61. The van der Waals surface area contributed by atoms with Crippen LogP contribution in [-0.2, 0) is 27.1 Å². The highest BCUT2D eigenvalue weighted by atomic mass is 16.3. The molecule has 0 saturated carbocycles. The molecular weight excluding hydrogens is 789 g/mol. The third-order valence-electron chi connectivity index (χ3n) is 14.1. The minimum Gasteiger partial charge on any atom is -0.472 e. The van der Waals surface area contributed by atoms with Gasteiger partial charge in [0.05, 0.1) is 30.7 Å². The van der Waals surface area contributed by atoms with E-state index < -0.39 is 67.1 Å². The molecule has 7 aromatic rings. The second kappa shape index (κ2) is 14.8. The molecule has 0 radical (unpaired) electrons. The van der Waals surface area contributed by atoms with Gasteiger partial charge in [0, 0.05) is 50.8 Å². The highest BCUT2D eigenvalue weighted by molar-refractivity contribution is 6.99. The molecule has 0 saturated heterocycles. The monoisotopic (exact) mass is 866 g/mol. The predicted molar refractivity (Wildman–Crippen MR) is 279 cm³/mol. The Balaban J connectivity index is 1.44. The molecule has 0 N–H and O–H groups in total. The standard InChI is InChI=1S/C60H66BN3O/c1-56(2,3)39-24-29-44(30-25-39)63-48-33-28-41(58(7,8)9)36-47(48)61-52-49(63)37-46(62(42-20-16-14-17-21-42)43-22-18-15-19-23-43)38-50(52)64(45-31-26-40(27-32-45)57(4,5)6)53-51-54(65-55(53)61)60(12,13)35-34-59(51,10)11/h14-33,36-38H,34-35H2,1-13H3/i14D,15D,16D,17D,18D,19D,20D,21D,22D,23D. The van der Waals surface area contributed by atoms with Gasteiger partial charge in [-0.15, -0.1) is 0 Å². The number of rotatable bonds is 5. The summed E-state index contributed by atoms with van der Waals surface area (Å²) in [6, 6.07) is 21.3. The summed E-state index contributed by atoms with van der Waals surface area (Å²) in [5.41, 5.74) is 10.2. The quantitative estimate of drug-likeness (QED) is 0.161. The van der Waals surface area contributed by atoms with E-state index in [1.54, 1.807) is 0 Å². The second-order valence-corrected chi connectivity index (χ2v) is 22.7. The highest BCUT2D eigenvalue weighted by Gasteiger charge is 2.52. The Morgan fingerprint density at radius 3 is 1.51 bits per heavy atom. The van der Waals surface area contributed by atoms with E-state index >= 15 is 0 Å². The zero-order valence-corrected chi connectivity index (χ0v) is 40.2. The number of nitrogens with zero attached hydrogens (tertiary/aromatic N) is 3. The van der Waals surface area contributed by atoms with E-state index in [0.717, 1.165) is 80.2 Å². The van der Waals surface area contributed by atoms with Crippen LogP contribution in [0.15, 0.2) is 144 Å². The van der Waals surface area contributed by atoms with Gasteiger partial charge in [0.1, 0.15) is 5.76 Å². The zero-order chi connectivity index (χ0) is 54.7. The predicted octanol–water partition coefficient (Wildman–Crippen LogP) is 15.1. The zero-order valence-electron chi connectivity index (χ0n) is 50.2. The van der Waals surface area contributed by atoms with Crippen molar-refractivity contribution in [3.05, 3.63) is 167 Å². The first-order valence-corrected chi connectivity index (χ1v) is 23.0. The van der Waals surface area contributed by atoms with Gasteiger partial charge < -0.3 is 19.1 Å². The molecule has 1 aliphatic carbocycles. The van der Waals surface area contributed by atoms with Crippen LogP contribution >= 0.6 is 0 Å². The Morgan fingerprint density at radius 2 is 1.00 bits per heavy atom. The van der Waals surface area contributed by atoms with Crippen molar-refractivity contribution < 1.29 is 18.1 Å². The Hall–Kier alpha value is -5.94. The number of hydrogen-bond donors (Lipinski definition) is 0. The molecule has 4 nitrogen and oxygen atoms in total. The van der Waals surface area contributed by atoms with Gasteiger partial charge in [-0.05, 0) is 129 Å². The Morgan fingerprint density at radius 1 is 0.538 bits per heavy atom. The van der Waals surface area contributed by atoms with Crippen molar-refractivity contribution in [3.63, 3.8) is 0 Å². The third kappa shape index (κ3) is 7.12. The lowest BCUT2D eigenvalue weighted by Gasteiger charge is -2.45. The Kier molecular flexibility index (Phi) is 7.44. The van der Waals surface area contributed by atoms with E-state index in [2.05, 4.69) is 167 Å². The Labute approximate surface area is 403 Å². The molecule has 0 bridgehead atoms. The molecule has 10 rings (SSSR count). The molecule has 2 aliphatic heterocycles. The Bertz CT molecular complexity index is 3400. The number of furan rings is 1. The summed E-state index contributed by atoms with van der Waals surface area (Å²) >= 11 is 0. The normalized spacial score (nSPS) is 18.3. The molecule has 1 aromatic heterocycles. The largest absolute Gasteiger partial charge is 0.472 e. The van der Waals surface area contributed by atoms with Crippen molar-refractivity contribution in [1.82, 2.24) is 0 Å². The number of anilines is 9. The average Bonchev–Trinajstić information content (AvgIpc) is 3.77. The summed E-state index contributed by atoms with van der Waals surface area (Å²) < 4.78 is 98.8. The molecule has 0 amide bonds. The fourth-order valence-corrected chi connectivity index (χ4v) is 10.2. The van der Waals surface area contributed by atoms with Crippen molar-refractivity contribution in [1.29, 1.82) is 0 Å². The molecule has 3 heterocycles. The lowest BCUT2D eigenvalue weighted by molar-refractivity contribution is 0.282. The first-order chi connectivity index (χ1) is 34.8. The first kappa shape index (κ1) is 32.7. The van der Waals surface area contributed by atoms with Gasteiger partial charge in [-0.25, -0.2) is 0 Å². The molecule has 65 heavy (non-hydrogen) atoms. The van der Waals surface area contributed by atoms with E-state index in [4.69, 9.17) is 12.6 Å². The summed E-state index contributed by atoms with van der Waals surface area (Å²) in [5, 5.41) is 0. The summed E-state index contributed by atoms with van der Waals surface area (Å²) in [6.45, 7) is 28.3. The van der Waals surface area contributed by atoms with Crippen LogP contribution in [0, 0.1) is 0 Å². The summed E-state index contributed by atoms with van der Waals surface area (Å²) in [6.07, 6.45) is 1.79.